The zero-order valence-corrected chi connectivity index (χ0v) is 31.0. The van der Waals surface area contributed by atoms with E-state index >= 15 is 0 Å². The third-order valence-electron chi connectivity index (χ3n) is 7.63. The third-order valence-corrected chi connectivity index (χ3v) is 9.36. The van der Waals surface area contributed by atoms with Crippen LogP contribution in [0.2, 0.25) is 0 Å². The number of nitrogen functional groups attached to an aromatic ring is 2. The molecule has 0 amide bonds. The molecule has 0 atom stereocenters. The molecule has 0 aromatic heterocycles. The number of fused-ring (bicyclic) bond motifs is 2. The summed E-state index contributed by atoms with van der Waals surface area (Å²) in [6.07, 6.45) is 2.08. The van der Waals surface area contributed by atoms with Crippen LogP contribution in [0.3, 0.4) is 0 Å². The quantitative estimate of drug-likeness (QED) is 0.0409. The molecule has 294 valence electrons. The molecule has 10 N–H and O–H groups in total. The number of carbonyl (C=O) groups is 2. The van der Waals surface area contributed by atoms with Crippen LogP contribution in [0.15, 0.2) is 92.8 Å². The molecule has 0 spiro atoms. The van der Waals surface area contributed by atoms with Crippen LogP contribution >= 0.6 is 0 Å². The van der Waals surface area contributed by atoms with Gasteiger partial charge >= 0.3 is 4.28 Å². The number of nitro groups is 2. The molecular formula is C32H27CrN8O14S2+3. The van der Waals surface area contributed by atoms with Gasteiger partial charge in [-0.1, -0.05) is 0 Å². The van der Waals surface area contributed by atoms with Gasteiger partial charge in [-0.2, -0.15) is 27.0 Å². The monoisotopic (exact) mass is 863 g/mol. The Morgan fingerprint density at radius 3 is 1.26 bits per heavy atom. The van der Waals surface area contributed by atoms with Crippen molar-refractivity contribution in [2.75, 3.05) is 22.3 Å². The number of rotatable bonds is 8. The van der Waals surface area contributed by atoms with Gasteiger partial charge in [-0.05, 0) is 71.8 Å². The first-order valence-electron chi connectivity index (χ1n) is 15.1. The Bertz CT molecular complexity index is 2580. The normalized spacial score (nSPS) is 14.8. The van der Waals surface area contributed by atoms with E-state index < -0.39 is 74.4 Å². The van der Waals surface area contributed by atoms with Gasteiger partial charge in [0.2, 0.25) is 11.6 Å². The smallest absolute Gasteiger partial charge is 0.505 e. The molecule has 25 heteroatoms. The van der Waals surface area contributed by atoms with Crippen LogP contribution < -0.4 is 22.3 Å². The Morgan fingerprint density at radius 1 is 0.614 bits per heavy atom. The summed E-state index contributed by atoms with van der Waals surface area (Å²) in [4.78, 5) is 43.7. The summed E-state index contributed by atoms with van der Waals surface area (Å²) in [5.74, 6) is -2.71. The summed E-state index contributed by atoms with van der Waals surface area (Å²) >= 11 is 0. The van der Waals surface area contributed by atoms with Crippen LogP contribution in [0.5, 0.6) is 11.5 Å². The van der Waals surface area contributed by atoms with Crippen LogP contribution in [0.4, 0.5) is 34.1 Å². The number of carbonyl (C=O) groups excluding carboxylic acids is 2. The summed E-state index contributed by atoms with van der Waals surface area (Å²) in [5, 5.41) is 48.4. The molecule has 2 aliphatic carbocycles. The molecular weight excluding hydrogens is 837 g/mol. The minimum atomic E-state index is -4.82. The number of nitrogens with one attached hydrogen (secondary N) is 2. The largest absolute Gasteiger partial charge is 1.00 e. The summed E-state index contributed by atoms with van der Waals surface area (Å²) in [7, 11) is -9.64. The van der Waals surface area contributed by atoms with Gasteiger partial charge in [0.05, 0.1) is 33.4 Å². The van der Waals surface area contributed by atoms with Crippen LogP contribution in [-0.2, 0) is 37.6 Å². The topological polar surface area (TPSA) is 370 Å². The van der Waals surface area contributed by atoms with Gasteiger partial charge in [-0.15, -0.1) is 0 Å². The number of allylic oxidation sites excluding steroid dienone is 2. The number of hydrazone groups is 2. The number of non-ortho nitro benzene ring substituents is 2. The van der Waals surface area contributed by atoms with E-state index in [0.717, 1.165) is 48.6 Å². The number of nitrogens with two attached hydrogens (primary N) is 2. The maximum absolute atomic E-state index is 12.7. The van der Waals surface area contributed by atoms with E-state index in [9.17, 15) is 66.0 Å². The van der Waals surface area contributed by atoms with Gasteiger partial charge in [0.25, 0.3) is 31.6 Å². The van der Waals surface area contributed by atoms with E-state index in [2.05, 4.69) is 21.1 Å². The second-order valence-corrected chi connectivity index (χ2v) is 14.2. The fourth-order valence-electron chi connectivity index (χ4n) is 5.01. The molecule has 0 heterocycles. The van der Waals surface area contributed by atoms with Gasteiger partial charge in [-0.3, -0.25) is 49.8 Å². The minimum absolute atomic E-state index is 0. The van der Waals surface area contributed by atoms with Gasteiger partial charge in [-0.25, -0.2) is 0 Å². The summed E-state index contributed by atoms with van der Waals surface area (Å²) in [5.41, 5.74) is 14.7. The van der Waals surface area contributed by atoms with Crippen LogP contribution in [-0.4, -0.2) is 69.0 Å². The van der Waals surface area contributed by atoms with Crippen molar-refractivity contribution < 1.29 is 77.2 Å². The number of Topliss-reactive ketones (excluding diaryl/α,β-unsaturated/α-hetero) is 2. The molecule has 2 aliphatic rings. The van der Waals surface area contributed by atoms with E-state index in [4.69, 9.17) is 11.5 Å². The Balaban J connectivity index is 0.000000562. The fourth-order valence-corrected chi connectivity index (χ4v) is 6.32. The first kappa shape index (κ1) is 42.7. The number of phenols is 2. The maximum atomic E-state index is 12.7. The molecule has 0 aliphatic heterocycles. The van der Waals surface area contributed by atoms with Crippen molar-refractivity contribution in [2.45, 2.75) is 0 Å². The second-order valence-electron chi connectivity index (χ2n) is 11.4. The van der Waals surface area contributed by atoms with Crippen molar-refractivity contribution in [1.29, 1.82) is 0 Å². The molecule has 6 rings (SSSR count). The van der Waals surface area contributed by atoms with Crippen LogP contribution in [0, 0.1) is 20.2 Å². The van der Waals surface area contributed by atoms with Crippen LogP contribution in [0.25, 0.3) is 12.2 Å². The molecule has 0 saturated carbocycles. The van der Waals surface area contributed by atoms with Crippen molar-refractivity contribution in [1.82, 2.24) is 0 Å². The van der Waals surface area contributed by atoms with Gasteiger partial charge in [0.1, 0.15) is 21.3 Å². The van der Waals surface area contributed by atoms with Gasteiger partial charge in [0.15, 0.2) is 11.4 Å². The minimum Gasteiger partial charge on any atom is -0.505 e. The molecule has 4 aromatic carbocycles. The van der Waals surface area contributed by atoms with E-state index in [-0.39, 0.29) is 78.0 Å². The van der Waals surface area contributed by atoms with Crippen molar-refractivity contribution >= 4 is 89.5 Å². The average molecular weight is 864 g/mol. The average Bonchev–Trinajstić information content (AvgIpc) is 3.10. The zero-order valence-electron chi connectivity index (χ0n) is 31.1. The van der Waals surface area contributed by atoms with E-state index in [1.807, 2.05) is 0 Å². The standard InChI is InChI=1S/2C16H12N4O7S.Cr/c2*17-9-1-3-11-8(5-9)6-14(28(25,26)27)15(16(11)22)19-18-12-4-2-10(20(23)24)7-13(12)21;/h2*1-7,18,21H,17H2,(H,25,26,27);/p+3/b2*19-15-;. The van der Waals surface area contributed by atoms with Crippen molar-refractivity contribution in [3.8, 4) is 11.5 Å². The van der Waals surface area contributed by atoms with Crippen molar-refractivity contribution in [3.05, 3.63) is 125 Å². The number of nitrogens with zero attached hydrogens (tertiary/aromatic N) is 4. The summed E-state index contributed by atoms with van der Waals surface area (Å²) in [6.45, 7) is 0. The predicted molar refractivity (Wildman–Crippen MR) is 204 cm³/mol. The Labute approximate surface area is 334 Å². The Hall–Kier alpha value is -7.01. The molecule has 57 heavy (non-hydrogen) atoms. The number of anilines is 4. The van der Waals surface area contributed by atoms with Crippen molar-refractivity contribution in [3.63, 3.8) is 0 Å². The van der Waals surface area contributed by atoms with E-state index in [1.54, 1.807) is 0 Å². The molecule has 0 unspecified atom stereocenters. The molecule has 0 saturated heterocycles. The molecule has 22 nitrogen and oxygen atoms in total. The number of phenolic OH excluding ortho intramolecular Hbond substituents is 2. The Kier molecular flexibility index (Phi) is 12.3. The molecule has 0 radical (unpaired) electrons. The number of aromatic hydroxyl groups is 2. The van der Waals surface area contributed by atoms with E-state index in [0.29, 0.717) is 0 Å². The molecule has 0 bridgehead atoms. The number of hydrogen-bond acceptors (Lipinski definition) is 18. The van der Waals surface area contributed by atoms with Crippen molar-refractivity contribution in [2.24, 2.45) is 10.2 Å². The predicted octanol–water partition coefficient (Wildman–Crippen LogP) is 3.89. The summed E-state index contributed by atoms with van der Waals surface area (Å²) < 4.78 is 65.7. The van der Waals surface area contributed by atoms with Gasteiger partial charge in [0, 0.05) is 52.0 Å². The Morgan fingerprint density at radius 2 is 0.965 bits per heavy atom. The number of hydrogen-bond donors (Lipinski definition) is 8. The van der Waals surface area contributed by atoms with Gasteiger partial charge < -0.3 is 21.7 Å². The second kappa shape index (κ2) is 16.4. The third kappa shape index (κ3) is 9.45. The molecule has 0 fully saturated rings. The number of nitro benzene ring substituents is 2. The first-order valence-corrected chi connectivity index (χ1v) is 17.9. The number of ketones is 2. The van der Waals surface area contributed by atoms with E-state index in [1.165, 1.54) is 36.4 Å². The summed E-state index contributed by atoms with van der Waals surface area (Å²) in [6, 6.07) is 14.5. The zero-order chi connectivity index (χ0) is 41.3. The van der Waals surface area contributed by atoms with Crippen LogP contribution in [0.1, 0.15) is 36.1 Å². The first-order chi connectivity index (χ1) is 26.1. The molecule has 4 aromatic rings. The maximum Gasteiger partial charge on any atom is 1.00 e. The fraction of sp³-hybridized carbons (Fsp3) is 0. The number of benzene rings is 4. The SMILES string of the molecule is Nc1ccc2c(c1)C=C(S(=O)(=O)O)/C(=N/Nc1ccc([N+](=O)[O-])cc1O)C2=O.Nc1ccc2c(c1)C=C(S(=O)(=O)O)/C(=N/Nc1ccc([N+](=O)[O-])cc1O)C2=O.[Cr].[H+].[H+].[H+].